The molecule has 0 spiro atoms. The number of hydrogen-bond acceptors (Lipinski definition) is 6. The summed E-state index contributed by atoms with van der Waals surface area (Å²) in [5.41, 5.74) is 3.35. The third kappa shape index (κ3) is 3.52. The average molecular weight is 446 g/mol. The molecule has 0 unspecified atom stereocenters. The van der Waals surface area contributed by atoms with Crippen molar-refractivity contribution in [1.82, 2.24) is 29.3 Å². The van der Waals surface area contributed by atoms with Gasteiger partial charge in [-0.05, 0) is 42.9 Å². The van der Waals surface area contributed by atoms with Gasteiger partial charge in [0.2, 0.25) is 0 Å². The van der Waals surface area contributed by atoms with E-state index in [0.29, 0.717) is 17.7 Å². The van der Waals surface area contributed by atoms with E-state index in [9.17, 15) is 4.79 Å². The Kier molecular flexibility index (Phi) is 4.29. The highest BCUT2D eigenvalue weighted by molar-refractivity contribution is 7.14. The normalized spacial score (nSPS) is 19.1. The van der Waals surface area contributed by atoms with Crippen molar-refractivity contribution in [2.75, 3.05) is 5.32 Å². The van der Waals surface area contributed by atoms with Gasteiger partial charge >= 0.3 is 0 Å². The summed E-state index contributed by atoms with van der Waals surface area (Å²) in [5.74, 6) is 1.19. The summed E-state index contributed by atoms with van der Waals surface area (Å²) >= 11 is 1.54. The van der Waals surface area contributed by atoms with Crippen molar-refractivity contribution in [2.45, 2.75) is 45.1 Å². The number of aromatic nitrogens is 6. The van der Waals surface area contributed by atoms with Gasteiger partial charge in [0.15, 0.2) is 5.82 Å². The lowest BCUT2D eigenvalue weighted by atomic mass is 10.2. The lowest BCUT2D eigenvalue weighted by molar-refractivity contribution is 0.102. The predicted molar refractivity (Wildman–Crippen MR) is 122 cm³/mol. The van der Waals surface area contributed by atoms with Gasteiger partial charge in [-0.25, -0.2) is 4.98 Å². The van der Waals surface area contributed by atoms with Gasteiger partial charge in [0, 0.05) is 29.7 Å². The highest BCUT2D eigenvalue weighted by atomic mass is 32.1. The SMILES string of the molecule is CC1(C)C[C@H]1n1cnnc1-c1cc(NC(=O)c2cc(-n3cnc(C4CC4)c3)ccn2)cs1. The van der Waals surface area contributed by atoms with E-state index in [2.05, 4.69) is 43.9 Å². The number of amides is 1. The molecule has 4 aromatic heterocycles. The highest BCUT2D eigenvalue weighted by Gasteiger charge is 2.48. The number of hydrogen-bond donors (Lipinski definition) is 1. The van der Waals surface area contributed by atoms with Gasteiger partial charge in [0.25, 0.3) is 5.91 Å². The zero-order valence-corrected chi connectivity index (χ0v) is 18.7. The molecule has 0 saturated heterocycles. The highest BCUT2D eigenvalue weighted by Crippen LogP contribution is 2.56. The number of rotatable bonds is 6. The molecule has 162 valence electrons. The molecule has 8 nitrogen and oxygen atoms in total. The van der Waals surface area contributed by atoms with Crippen LogP contribution in [0.15, 0.2) is 48.6 Å². The average Bonchev–Trinajstić information content (AvgIpc) is 3.47. The molecule has 6 rings (SSSR count). The third-order valence-electron chi connectivity index (χ3n) is 6.32. The first kappa shape index (κ1) is 19.4. The molecule has 9 heteroatoms. The number of carbonyl (C=O) groups is 1. The Morgan fingerprint density at radius 3 is 2.84 bits per heavy atom. The van der Waals surface area contributed by atoms with Crippen LogP contribution < -0.4 is 5.32 Å². The molecular formula is C23H23N7OS. The molecule has 4 heterocycles. The maximum absolute atomic E-state index is 12.9. The fourth-order valence-corrected chi connectivity index (χ4v) is 4.88. The maximum atomic E-state index is 12.9. The summed E-state index contributed by atoms with van der Waals surface area (Å²) in [4.78, 5) is 22.6. The second-order valence-electron chi connectivity index (χ2n) is 9.30. The zero-order valence-electron chi connectivity index (χ0n) is 17.9. The first-order chi connectivity index (χ1) is 15.5. The van der Waals surface area contributed by atoms with Crippen molar-refractivity contribution in [3.8, 4) is 16.4 Å². The second kappa shape index (κ2) is 7.09. The summed E-state index contributed by atoms with van der Waals surface area (Å²) < 4.78 is 4.09. The van der Waals surface area contributed by atoms with Gasteiger partial charge in [0.05, 0.1) is 28.3 Å². The van der Waals surface area contributed by atoms with E-state index in [1.807, 2.05) is 28.3 Å². The van der Waals surface area contributed by atoms with Crippen LogP contribution in [-0.4, -0.2) is 35.2 Å². The van der Waals surface area contributed by atoms with E-state index in [-0.39, 0.29) is 11.3 Å². The van der Waals surface area contributed by atoms with Crippen molar-refractivity contribution < 1.29 is 4.79 Å². The molecule has 1 amide bonds. The minimum atomic E-state index is -0.247. The van der Waals surface area contributed by atoms with Gasteiger partial charge < -0.3 is 14.5 Å². The van der Waals surface area contributed by atoms with Crippen molar-refractivity contribution in [1.29, 1.82) is 0 Å². The van der Waals surface area contributed by atoms with Crippen LogP contribution in [0.25, 0.3) is 16.4 Å². The molecule has 32 heavy (non-hydrogen) atoms. The minimum absolute atomic E-state index is 0.247. The Balaban J connectivity index is 1.19. The van der Waals surface area contributed by atoms with Gasteiger partial charge in [-0.3, -0.25) is 9.78 Å². The zero-order chi connectivity index (χ0) is 21.9. The van der Waals surface area contributed by atoms with E-state index in [0.717, 1.165) is 34.2 Å². The van der Waals surface area contributed by atoms with Gasteiger partial charge in [-0.1, -0.05) is 13.8 Å². The first-order valence-electron chi connectivity index (χ1n) is 10.8. The number of thiophene rings is 1. The van der Waals surface area contributed by atoms with Crippen LogP contribution in [0.4, 0.5) is 5.69 Å². The second-order valence-corrected chi connectivity index (χ2v) is 10.2. The summed E-state index contributed by atoms with van der Waals surface area (Å²) in [5, 5.41) is 13.3. The number of imidazole rings is 1. The summed E-state index contributed by atoms with van der Waals surface area (Å²) in [6.07, 6.45) is 10.8. The van der Waals surface area contributed by atoms with Crippen LogP contribution in [0.3, 0.4) is 0 Å². The van der Waals surface area contributed by atoms with Gasteiger partial charge in [0.1, 0.15) is 12.0 Å². The number of pyridine rings is 1. The summed E-state index contributed by atoms with van der Waals surface area (Å²) in [7, 11) is 0. The molecule has 0 radical (unpaired) electrons. The molecule has 4 aromatic rings. The molecule has 2 aliphatic carbocycles. The lowest BCUT2D eigenvalue weighted by Crippen LogP contribution is -2.13. The lowest BCUT2D eigenvalue weighted by Gasteiger charge is -2.07. The first-order valence-corrected chi connectivity index (χ1v) is 11.7. The van der Waals surface area contributed by atoms with Gasteiger partial charge in [-0.15, -0.1) is 21.5 Å². The number of nitrogens with one attached hydrogen (secondary N) is 1. The fraction of sp³-hybridized carbons (Fsp3) is 0.348. The van der Waals surface area contributed by atoms with E-state index >= 15 is 0 Å². The van der Waals surface area contributed by atoms with Gasteiger partial charge in [-0.2, -0.15) is 0 Å². The Morgan fingerprint density at radius 2 is 2.06 bits per heavy atom. The van der Waals surface area contributed by atoms with Crippen LogP contribution in [0.5, 0.6) is 0 Å². The molecule has 0 bridgehead atoms. The van der Waals surface area contributed by atoms with Crippen LogP contribution in [0.2, 0.25) is 0 Å². The van der Waals surface area contributed by atoms with Crippen molar-refractivity contribution in [3.05, 3.63) is 60.0 Å². The molecule has 1 N–H and O–H groups in total. The number of carbonyl (C=O) groups excluding carboxylic acids is 1. The molecular weight excluding hydrogens is 422 g/mol. The molecule has 0 aliphatic heterocycles. The molecule has 2 fully saturated rings. The molecule has 0 aromatic carbocycles. The summed E-state index contributed by atoms with van der Waals surface area (Å²) in [6, 6.07) is 6.03. The van der Waals surface area contributed by atoms with Crippen molar-refractivity contribution in [3.63, 3.8) is 0 Å². The van der Waals surface area contributed by atoms with Crippen LogP contribution in [0.1, 0.15) is 61.3 Å². The predicted octanol–water partition coefficient (Wildman–Crippen LogP) is 4.69. The van der Waals surface area contributed by atoms with Crippen LogP contribution in [-0.2, 0) is 0 Å². The molecule has 1 atom stereocenters. The standard InChI is InChI=1S/C23H23N7OS/c1-23(2)9-20(23)30-13-26-28-21(30)19-7-15(11-32-19)27-22(31)17-8-16(5-6-24-17)29-10-18(25-12-29)14-3-4-14/h5-8,10-14,20H,3-4,9H2,1-2H3,(H,27,31)/t20-/m1/s1. The monoisotopic (exact) mass is 445 g/mol. The van der Waals surface area contributed by atoms with Crippen molar-refractivity contribution in [2.24, 2.45) is 5.41 Å². The van der Waals surface area contributed by atoms with E-state index in [4.69, 9.17) is 0 Å². The Hall–Kier alpha value is -3.33. The molecule has 2 saturated carbocycles. The Morgan fingerprint density at radius 1 is 1.22 bits per heavy atom. The van der Waals surface area contributed by atoms with Crippen molar-refractivity contribution >= 4 is 22.9 Å². The Bertz CT molecular complexity index is 1310. The number of anilines is 1. The Labute approximate surface area is 189 Å². The number of nitrogens with zero attached hydrogens (tertiary/aromatic N) is 6. The maximum Gasteiger partial charge on any atom is 0.274 e. The van der Waals surface area contributed by atoms with E-state index in [1.165, 1.54) is 12.8 Å². The quantitative estimate of drug-likeness (QED) is 0.465. The molecule has 2 aliphatic rings. The van der Waals surface area contributed by atoms with Crippen LogP contribution in [0, 0.1) is 5.41 Å². The fourth-order valence-electron chi connectivity index (χ4n) is 4.05. The van der Waals surface area contributed by atoms with E-state index in [1.54, 1.807) is 36.3 Å². The minimum Gasteiger partial charge on any atom is -0.320 e. The smallest absolute Gasteiger partial charge is 0.274 e. The third-order valence-corrected chi connectivity index (χ3v) is 7.25. The largest absolute Gasteiger partial charge is 0.320 e. The van der Waals surface area contributed by atoms with Crippen LogP contribution >= 0.6 is 11.3 Å². The summed E-state index contributed by atoms with van der Waals surface area (Å²) in [6.45, 7) is 4.50. The van der Waals surface area contributed by atoms with E-state index < -0.39 is 0 Å². The topological polar surface area (TPSA) is 90.5 Å².